The molecule has 3 heterocycles. The molecule has 202 valence electrons. The number of sulfone groups is 1. The lowest BCUT2D eigenvalue weighted by Gasteiger charge is -2.34. The highest BCUT2D eigenvalue weighted by molar-refractivity contribution is 7.92. The average molecular weight is 537 g/mol. The van der Waals surface area contributed by atoms with E-state index in [0.29, 0.717) is 36.5 Å². The summed E-state index contributed by atoms with van der Waals surface area (Å²) in [5, 5.41) is -0.217. The van der Waals surface area contributed by atoms with Crippen molar-refractivity contribution in [2.75, 3.05) is 29.5 Å². The van der Waals surface area contributed by atoms with Gasteiger partial charge in [-0.25, -0.2) is 18.4 Å². The highest BCUT2D eigenvalue weighted by Crippen LogP contribution is 2.38. The first-order valence-electron chi connectivity index (χ1n) is 12.9. The third kappa shape index (κ3) is 6.15. The van der Waals surface area contributed by atoms with Crippen LogP contribution in [0.4, 0.5) is 11.6 Å². The van der Waals surface area contributed by atoms with E-state index in [4.69, 9.17) is 15.5 Å². The van der Waals surface area contributed by atoms with Gasteiger partial charge in [0.05, 0.1) is 17.9 Å². The Morgan fingerprint density at radius 2 is 1.87 bits per heavy atom. The second-order valence-corrected chi connectivity index (χ2v) is 13.1. The van der Waals surface area contributed by atoms with Crippen molar-refractivity contribution < 1.29 is 17.9 Å². The lowest BCUT2D eigenvalue weighted by Crippen LogP contribution is -2.40. The number of ether oxygens (including phenoxy) is 1. The monoisotopic (exact) mass is 536 g/mol. The van der Waals surface area contributed by atoms with E-state index in [1.165, 1.54) is 18.2 Å². The van der Waals surface area contributed by atoms with Crippen LogP contribution in [0, 0.1) is 11.8 Å². The van der Waals surface area contributed by atoms with Gasteiger partial charge in [0.25, 0.3) is 0 Å². The van der Waals surface area contributed by atoms with E-state index in [2.05, 4.69) is 44.5 Å². The lowest BCUT2D eigenvalue weighted by molar-refractivity contribution is 0.102. The Kier molecular flexibility index (Phi) is 7.78. The molecular formula is C29H36N4O4S. The zero-order valence-electron chi connectivity index (χ0n) is 22.6. The molecule has 0 spiro atoms. The molecule has 1 aromatic carbocycles. The predicted molar refractivity (Wildman–Crippen MR) is 150 cm³/mol. The smallest absolute Gasteiger partial charge is 0.203 e. The van der Waals surface area contributed by atoms with E-state index in [1.54, 1.807) is 12.1 Å². The maximum absolute atomic E-state index is 13.5. The van der Waals surface area contributed by atoms with Crippen LogP contribution in [-0.4, -0.2) is 48.6 Å². The second kappa shape index (κ2) is 10.7. The van der Waals surface area contributed by atoms with Gasteiger partial charge in [-0.3, -0.25) is 4.79 Å². The quantitative estimate of drug-likeness (QED) is 0.378. The van der Waals surface area contributed by atoms with Crippen LogP contribution in [-0.2, 0) is 9.84 Å². The third-order valence-electron chi connectivity index (χ3n) is 6.60. The highest BCUT2D eigenvalue weighted by Gasteiger charge is 2.39. The number of nitrogen functional groups attached to an aromatic ring is 1. The Morgan fingerprint density at radius 1 is 1.13 bits per heavy atom. The van der Waals surface area contributed by atoms with E-state index in [1.807, 2.05) is 24.3 Å². The van der Waals surface area contributed by atoms with E-state index in [9.17, 15) is 13.2 Å². The number of Topliss-reactive ketones (excluding diaryl/α,β-unsaturated/α-hetero) is 1. The number of aromatic nitrogens is 2. The van der Waals surface area contributed by atoms with Crippen LogP contribution in [0.1, 0.15) is 51.4 Å². The van der Waals surface area contributed by atoms with Crippen molar-refractivity contribution in [2.24, 2.45) is 11.8 Å². The molecule has 2 N–H and O–H groups in total. The first kappa shape index (κ1) is 27.6. The van der Waals surface area contributed by atoms with Crippen molar-refractivity contribution in [3.8, 4) is 17.0 Å². The van der Waals surface area contributed by atoms with Crippen molar-refractivity contribution in [2.45, 2.75) is 51.6 Å². The minimum atomic E-state index is -3.99. The largest absolute Gasteiger partial charge is 0.493 e. The van der Waals surface area contributed by atoms with Gasteiger partial charge in [-0.15, -0.1) is 0 Å². The van der Waals surface area contributed by atoms with Gasteiger partial charge in [-0.2, -0.15) is 0 Å². The fourth-order valence-electron chi connectivity index (χ4n) is 4.93. The standard InChI is InChI=1S/C29H36N4O4S/c1-19(2)17-37-22-9-6-8-21(14-22)24-13-12-23(28(31-24)33-16-20(3)15-29(33,4)5)25(34)18-38(35,36)27-11-7-10-26(30)32-27/h6-14,19-20H,15-18H2,1-5H3,(H2,30,32)/t20-/m0/s1. The molecule has 8 nitrogen and oxygen atoms in total. The number of rotatable bonds is 9. The molecule has 38 heavy (non-hydrogen) atoms. The first-order valence-corrected chi connectivity index (χ1v) is 14.5. The number of anilines is 2. The molecule has 0 bridgehead atoms. The topological polar surface area (TPSA) is 115 Å². The maximum atomic E-state index is 13.5. The number of nitrogens with zero attached hydrogens (tertiary/aromatic N) is 3. The molecule has 4 rings (SSSR count). The minimum Gasteiger partial charge on any atom is -0.493 e. The molecule has 2 aromatic heterocycles. The van der Waals surface area contributed by atoms with Gasteiger partial charge in [0.1, 0.15) is 23.1 Å². The summed E-state index contributed by atoms with van der Waals surface area (Å²) >= 11 is 0. The van der Waals surface area contributed by atoms with Crippen molar-refractivity contribution in [1.29, 1.82) is 0 Å². The van der Waals surface area contributed by atoms with Crippen molar-refractivity contribution in [3.05, 3.63) is 60.2 Å². The van der Waals surface area contributed by atoms with Gasteiger partial charge in [-0.05, 0) is 68.5 Å². The molecule has 3 aromatic rings. The average Bonchev–Trinajstić information content (AvgIpc) is 3.13. The van der Waals surface area contributed by atoms with Gasteiger partial charge in [-0.1, -0.05) is 39.0 Å². The maximum Gasteiger partial charge on any atom is 0.203 e. The molecule has 1 fully saturated rings. The molecule has 1 atom stereocenters. The van der Waals surface area contributed by atoms with Gasteiger partial charge >= 0.3 is 0 Å². The number of carbonyl (C=O) groups excluding carboxylic acids is 1. The molecule has 0 radical (unpaired) electrons. The molecule has 9 heteroatoms. The molecule has 1 saturated heterocycles. The molecule has 0 amide bonds. The number of benzene rings is 1. The fourth-order valence-corrected chi connectivity index (χ4v) is 6.11. The van der Waals surface area contributed by atoms with Crippen molar-refractivity contribution in [1.82, 2.24) is 9.97 Å². The Morgan fingerprint density at radius 3 is 2.53 bits per heavy atom. The van der Waals surface area contributed by atoms with Gasteiger partial charge in [0, 0.05) is 17.6 Å². The highest BCUT2D eigenvalue weighted by atomic mass is 32.2. The first-order chi connectivity index (χ1) is 17.9. The van der Waals surface area contributed by atoms with E-state index >= 15 is 0 Å². The number of carbonyl (C=O) groups is 1. The molecule has 0 unspecified atom stereocenters. The number of hydrogen-bond donors (Lipinski definition) is 1. The summed E-state index contributed by atoms with van der Waals surface area (Å²) in [7, 11) is -3.99. The SMILES string of the molecule is CC(C)COc1cccc(-c2ccc(C(=O)CS(=O)(=O)c3cccc(N)n3)c(N3C[C@@H](C)CC3(C)C)n2)c1. The summed E-state index contributed by atoms with van der Waals surface area (Å²) < 4.78 is 32.0. The summed E-state index contributed by atoms with van der Waals surface area (Å²) in [5.41, 5.74) is 7.23. The normalized spacial score (nSPS) is 17.1. The van der Waals surface area contributed by atoms with Gasteiger partial charge in [0.2, 0.25) is 9.84 Å². The Labute approximate surface area is 225 Å². The third-order valence-corrected chi connectivity index (χ3v) is 8.11. The van der Waals surface area contributed by atoms with E-state index in [0.717, 1.165) is 17.7 Å². The summed E-state index contributed by atoms with van der Waals surface area (Å²) in [5.74, 6) is 0.852. The van der Waals surface area contributed by atoms with Crippen LogP contribution in [0.15, 0.2) is 59.6 Å². The van der Waals surface area contributed by atoms with Crippen molar-refractivity contribution in [3.63, 3.8) is 0 Å². The minimum absolute atomic E-state index is 0.0811. The zero-order chi connectivity index (χ0) is 27.7. The van der Waals surface area contributed by atoms with Crippen LogP contribution >= 0.6 is 0 Å². The number of nitrogens with two attached hydrogens (primary N) is 1. The molecule has 1 aliphatic rings. The van der Waals surface area contributed by atoms with Gasteiger partial charge in [0.15, 0.2) is 10.8 Å². The number of pyridine rings is 2. The predicted octanol–water partition coefficient (Wildman–Crippen LogP) is 5.04. The Bertz CT molecular complexity index is 1440. The second-order valence-electron chi connectivity index (χ2n) is 11.1. The number of hydrogen-bond acceptors (Lipinski definition) is 8. The summed E-state index contributed by atoms with van der Waals surface area (Å²) in [6.45, 7) is 11.9. The van der Waals surface area contributed by atoms with Gasteiger partial charge < -0.3 is 15.4 Å². The summed E-state index contributed by atoms with van der Waals surface area (Å²) in [4.78, 5) is 24.5. The van der Waals surface area contributed by atoms with Crippen LogP contribution in [0.3, 0.4) is 0 Å². The van der Waals surface area contributed by atoms with Crippen molar-refractivity contribution >= 4 is 27.3 Å². The molecule has 0 saturated carbocycles. The fraction of sp³-hybridized carbons (Fsp3) is 0.414. The summed E-state index contributed by atoms with van der Waals surface area (Å²) in [6, 6.07) is 15.5. The molecular weight excluding hydrogens is 500 g/mol. The van der Waals surface area contributed by atoms with E-state index < -0.39 is 21.4 Å². The Hall–Kier alpha value is -3.46. The number of ketones is 1. The van der Waals surface area contributed by atoms with E-state index in [-0.39, 0.29) is 21.9 Å². The molecule has 1 aliphatic heterocycles. The summed E-state index contributed by atoms with van der Waals surface area (Å²) in [6.07, 6.45) is 0.927. The van der Waals surface area contributed by atoms with Crippen LogP contribution in [0.2, 0.25) is 0 Å². The van der Waals surface area contributed by atoms with Crippen LogP contribution in [0.5, 0.6) is 5.75 Å². The lowest BCUT2D eigenvalue weighted by atomic mass is 9.97. The Balaban J connectivity index is 1.74. The van der Waals surface area contributed by atoms with Crippen LogP contribution < -0.4 is 15.4 Å². The zero-order valence-corrected chi connectivity index (χ0v) is 23.5. The molecule has 0 aliphatic carbocycles. The van der Waals surface area contributed by atoms with Crippen LogP contribution in [0.25, 0.3) is 11.3 Å².